The van der Waals surface area contributed by atoms with Crippen LogP contribution in [0, 0.1) is 23.7 Å². The molecule has 4 atom stereocenters. The molecule has 5 nitrogen and oxygen atoms in total. The minimum Gasteiger partial charge on any atom is -0.496 e. The van der Waals surface area contributed by atoms with E-state index in [-0.39, 0.29) is 35.5 Å². The maximum atomic E-state index is 12.5. The van der Waals surface area contributed by atoms with E-state index in [4.69, 9.17) is 4.74 Å². The summed E-state index contributed by atoms with van der Waals surface area (Å²) < 4.78 is 5.97. The van der Waals surface area contributed by atoms with Gasteiger partial charge in [-0.3, -0.25) is 9.59 Å². The number of imide groups is 1. The third kappa shape index (κ3) is 2.16. The van der Waals surface area contributed by atoms with Gasteiger partial charge in [-0.2, -0.15) is 10.1 Å². The number of halogens is 1. The molecule has 1 aliphatic heterocycles. The van der Waals surface area contributed by atoms with Gasteiger partial charge in [-0.25, -0.2) is 0 Å². The predicted octanol–water partition coefficient (Wildman–Crippen LogP) is 2.60. The zero-order chi connectivity index (χ0) is 16.1. The normalized spacial score (nSPS) is 31.5. The van der Waals surface area contributed by atoms with E-state index in [2.05, 4.69) is 33.2 Å². The van der Waals surface area contributed by atoms with Crippen molar-refractivity contribution >= 4 is 34.0 Å². The second-order valence-corrected chi connectivity index (χ2v) is 6.98. The molecule has 2 amide bonds. The Labute approximate surface area is 142 Å². The standard InChI is InChI=1S/C17H15BrN2O3/c1-23-13-5-2-9(6-12(13)18)8-19-20-16(21)14-10-3-4-11(7-10)15(14)17(20)22/h2-6,8,10-11,14-15H,7H2,1H3. The molecule has 4 unspecified atom stereocenters. The summed E-state index contributed by atoms with van der Waals surface area (Å²) in [5.74, 6) is 0.372. The van der Waals surface area contributed by atoms with Crippen LogP contribution in [0.15, 0.2) is 39.9 Å². The molecule has 0 spiro atoms. The number of carbonyl (C=O) groups excluding carboxylic acids is 2. The smallest absolute Gasteiger partial charge is 0.254 e. The molecular weight excluding hydrogens is 360 g/mol. The summed E-state index contributed by atoms with van der Waals surface area (Å²) >= 11 is 3.41. The summed E-state index contributed by atoms with van der Waals surface area (Å²) in [6, 6.07) is 5.46. The number of nitrogens with zero attached hydrogens (tertiary/aromatic N) is 2. The number of benzene rings is 1. The Bertz CT molecular complexity index is 728. The van der Waals surface area contributed by atoms with Crippen molar-refractivity contribution in [2.45, 2.75) is 6.42 Å². The Hall–Kier alpha value is -1.95. The van der Waals surface area contributed by atoms with E-state index in [1.165, 1.54) is 6.21 Å². The molecule has 2 fully saturated rings. The van der Waals surface area contributed by atoms with Gasteiger partial charge in [-0.1, -0.05) is 12.2 Å². The number of rotatable bonds is 3. The quantitative estimate of drug-likeness (QED) is 0.464. The summed E-state index contributed by atoms with van der Waals surface area (Å²) in [7, 11) is 1.59. The number of amides is 2. The van der Waals surface area contributed by atoms with Crippen molar-refractivity contribution in [1.82, 2.24) is 5.01 Å². The number of methoxy groups -OCH3 is 1. The van der Waals surface area contributed by atoms with Crippen molar-refractivity contribution in [1.29, 1.82) is 0 Å². The first kappa shape index (κ1) is 14.6. The maximum Gasteiger partial charge on any atom is 0.254 e. The fourth-order valence-corrected chi connectivity index (χ4v) is 4.45. The first-order valence-corrected chi connectivity index (χ1v) is 8.33. The molecule has 1 saturated carbocycles. The molecular formula is C17H15BrN2O3. The van der Waals surface area contributed by atoms with Crippen molar-refractivity contribution in [2.24, 2.45) is 28.8 Å². The van der Waals surface area contributed by atoms with Crippen LogP contribution >= 0.6 is 15.9 Å². The molecule has 3 aliphatic rings. The van der Waals surface area contributed by atoms with Crippen LogP contribution < -0.4 is 4.74 Å². The minimum atomic E-state index is -0.211. The number of carbonyl (C=O) groups is 2. The average molecular weight is 375 g/mol. The van der Waals surface area contributed by atoms with Crippen LogP contribution in [0.25, 0.3) is 0 Å². The highest BCUT2D eigenvalue weighted by molar-refractivity contribution is 9.10. The van der Waals surface area contributed by atoms with E-state index in [0.717, 1.165) is 21.5 Å². The molecule has 1 heterocycles. The lowest BCUT2D eigenvalue weighted by molar-refractivity contribution is -0.140. The summed E-state index contributed by atoms with van der Waals surface area (Å²) in [5, 5.41) is 5.21. The Kier molecular flexibility index (Phi) is 3.37. The fourth-order valence-electron chi connectivity index (χ4n) is 3.89. The fraction of sp³-hybridized carbons (Fsp3) is 0.353. The Balaban J connectivity index is 1.57. The lowest BCUT2D eigenvalue weighted by Gasteiger charge is -2.13. The first-order valence-electron chi connectivity index (χ1n) is 7.54. The summed E-state index contributed by atoms with van der Waals surface area (Å²) in [6.45, 7) is 0. The van der Waals surface area contributed by atoms with Gasteiger partial charge in [-0.15, -0.1) is 0 Å². The van der Waals surface area contributed by atoms with E-state index in [0.29, 0.717) is 5.75 Å². The van der Waals surface area contributed by atoms with Crippen LogP contribution in [0.5, 0.6) is 5.75 Å². The number of hydrogen-bond donors (Lipinski definition) is 0. The molecule has 1 aromatic carbocycles. The zero-order valence-electron chi connectivity index (χ0n) is 12.5. The average Bonchev–Trinajstić information content (AvgIpc) is 3.21. The van der Waals surface area contributed by atoms with Crippen LogP contribution in [-0.4, -0.2) is 30.1 Å². The molecule has 0 radical (unpaired) electrons. The van der Waals surface area contributed by atoms with Crippen LogP contribution in [0.4, 0.5) is 0 Å². The van der Waals surface area contributed by atoms with Gasteiger partial charge >= 0.3 is 0 Å². The maximum absolute atomic E-state index is 12.5. The topological polar surface area (TPSA) is 59.0 Å². The van der Waals surface area contributed by atoms with Gasteiger partial charge in [0.1, 0.15) is 5.75 Å². The molecule has 0 N–H and O–H groups in total. The molecule has 118 valence electrons. The van der Waals surface area contributed by atoms with Gasteiger partial charge in [-0.05, 0) is 57.9 Å². The van der Waals surface area contributed by atoms with Crippen LogP contribution in [0.1, 0.15) is 12.0 Å². The zero-order valence-corrected chi connectivity index (χ0v) is 14.1. The minimum absolute atomic E-state index is 0.166. The van der Waals surface area contributed by atoms with E-state index in [9.17, 15) is 9.59 Å². The molecule has 1 aromatic rings. The van der Waals surface area contributed by atoms with Crippen LogP contribution in [0.2, 0.25) is 0 Å². The summed E-state index contributed by atoms with van der Waals surface area (Å²) in [5.41, 5.74) is 0.788. The molecule has 2 aliphatic carbocycles. The first-order chi connectivity index (χ1) is 11.1. The van der Waals surface area contributed by atoms with Crippen molar-refractivity contribution in [3.8, 4) is 5.75 Å². The molecule has 4 rings (SSSR count). The number of ether oxygens (including phenoxy) is 1. The van der Waals surface area contributed by atoms with Crippen molar-refractivity contribution in [2.75, 3.05) is 7.11 Å². The summed E-state index contributed by atoms with van der Waals surface area (Å²) in [4.78, 5) is 25.0. The van der Waals surface area contributed by atoms with Crippen molar-refractivity contribution < 1.29 is 14.3 Å². The summed E-state index contributed by atoms with van der Waals surface area (Å²) in [6.07, 6.45) is 6.61. The Morgan fingerprint density at radius 3 is 2.43 bits per heavy atom. The SMILES string of the molecule is COc1ccc(C=NN2C(=O)C3C4C=CC(C4)C3C2=O)cc1Br. The lowest BCUT2D eigenvalue weighted by atomic mass is 9.85. The monoisotopic (exact) mass is 374 g/mol. The highest BCUT2D eigenvalue weighted by Crippen LogP contribution is 2.52. The van der Waals surface area contributed by atoms with Gasteiger partial charge in [0.05, 0.1) is 29.6 Å². The van der Waals surface area contributed by atoms with E-state index in [1.54, 1.807) is 13.2 Å². The molecule has 2 bridgehead atoms. The van der Waals surface area contributed by atoms with Gasteiger partial charge < -0.3 is 4.74 Å². The number of hydrogen-bond acceptors (Lipinski definition) is 4. The van der Waals surface area contributed by atoms with Gasteiger partial charge in [0.25, 0.3) is 11.8 Å². The third-order valence-electron chi connectivity index (χ3n) is 4.95. The second-order valence-electron chi connectivity index (χ2n) is 6.13. The van der Waals surface area contributed by atoms with E-state index < -0.39 is 0 Å². The number of allylic oxidation sites excluding steroid dienone is 2. The Morgan fingerprint density at radius 1 is 1.22 bits per heavy atom. The molecule has 6 heteroatoms. The third-order valence-corrected chi connectivity index (χ3v) is 5.56. The number of fused-ring (bicyclic) bond motifs is 5. The van der Waals surface area contributed by atoms with Crippen LogP contribution in [-0.2, 0) is 9.59 Å². The molecule has 0 aromatic heterocycles. The molecule has 23 heavy (non-hydrogen) atoms. The van der Waals surface area contributed by atoms with Gasteiger partial charge in [0.2, 0.25) is 0 Å². The largest absolute Gasteiger partial charge is 0.496 e. The predicted molar refractivity (Wildman–Crippen MR) is 87.9 cm³/mol. The van der Waals surface area contributed by atoms with Gasteiger partial charge in [0.15, 0.2) is 0 Å². The highest BCUT2D eigenvalue weighted by atomic mass is 79.9. The van der Waals surface area contributed by atoms with Crippen molar-refractivity contribution in [3.63, 3.8) is 0 Å². The lowest BCUT2D eigenvalue weighted by Crippen LogP contribution is -2.28. The Morgan fingerprint density at radius 2 is 1.87 bits per heavy atom. The van der Waals surface area contributed by atoms with Gasteiger partial charge in [0, 0.05) is 0 Å². The van der Waals surface area contributed by atoms with E-state index >= 15 is 0 Å². The molecule has 1 saturated heterocycles. The second kappa shape index (κ2) is 5.30. The van der Waals surface area contributed by atoms with E-state index in [1.807, 2.05) is 12.1 Å². The van der Waals surface area contributed by atoms with Crippen LogP contribution in [0.3, 0.4) is 0 Å². The highest BCUT2D eigenvalue weighted by Gasteiger charge is 2.59. The number of hydrazone groups is 1. The van der Waals surface area contributed by atoms with Crippen molar-refractivity contribution in [3.05, 3.63) is 40.4 Å².